The molecule has 0 aliphatic heterocycles. The average Bonchev–Trinajstić information content (AvgIpc) is 2.55. The van der Waals surface area contributed by atoms with Crippen molar-refractivity contribution in [1.29, 1.82) is 0 Å². The Balaban J connectivity index is 2.23. The summed E-state index contributed by atoms with van der Waals surface area (Å²) in [6.07, 6.45) is 0.102. The third-order valence-electron chi connectivity index (χ3n) is 2.89. The van der Waals surface area contributed by atoms with Gasteiger partial charge in [0.05, 0.1) is 0 Å². The topological polar surface area (TPSA) is 37.3 Å². The summed E-state index contributed by atoms with van der Waals surface area (Å²) in [6.45, 7) is 1.94. The first kappa shape index (κ1) is 16.2. The van der Waals surface area contributed by atoms with Crippen LogP contribution in [0.2, 0.25) is 0 Å². The summed E-state index contributed by atoms with van der Waals surface area (Å²) >= 11 is -0.0128. The molecule has 2 unspecified atom stereocenters. The fourth-order valence-electron chi connectivity index (χ4n) is 1.72. The van der Waals surface area contributed by atoms with Gasteiger partial charge in [-0.15, -0.1) is 0 Å². The fraction of sp³-hybridized carbons (Fsp3) is 0.176. The van der Waals surface area contributed by atoms with E-state index in [0.717, 1.165) is 9.37 Å². The Kier molecular flexibility index (Phi) is 6.40. The van der Waals surface area contributed by atoms with Gasteiger partial charge in [0.25, 0.3) is 0 Å². The molecule has 1 N–H and O–H groups in total. The normalized spacial score (nSPS) is 14.7. The van der Waals surface area contributed by atoms with Crippen LogP contribution in [0.5, 0.6) is 0 Å². The van der Waals surface area contributed by atoms with Crippen LogP contribution in [0.4, 0.5) is 0 Å². The first-order valence-corrected chi connectivity index (χ1v) is 9.71. The number of aliphatic hydroxyl groups is 1. The molecule has 0 radical (unpaired) electrons. The van der Waals surface area contributed by atoms with Gasteiger partial charge in [0, 0.05) is 0 Å². The van der Waals surface area contributed by atoms with Crippen LogP contribution in [0.3, 0.4) is 0 Å². The molecule has 21 heavy (non-hydrogen) atoms. The monoisotopic (exact) mass is 366 g/mol. The van der Waals surface area contributed by atoms with E-state index in [4.69, 9.17) is 0 Å². The van der Waals surface area contributed by atoms with Gasteiger partial charge in [0.2, 0.25) is 0 Å². The summed E-state index contributed by atoms with van der Waals surface area (Å²) in [6, 6.07) is 19.4. The zero-order valence-electron chi connectivity index (χ0n) is 11.8. The summed E-state index contributed by atoms with van der Waals surface area (Å²) in [5.74, 6) is 0. The maximum atomic E-state index is 12.4. The van der Waals surface area contributed by atoms with E-state index in [1.54, 1.807) is 5.41 Å². The summed E-state index contributed by atoms with van der Waals surface area (Å²) in [7, 11) is -1.22. The van der Waals surface area contributed by atoms with Crippen LogP contribution < -0.4 is 4.46 Å². The molecule has 2 aromatic rings. The number of aliphatic hydroxyl groups excluding tert-OH is 1. The Morgan fingerprint density at radius 2 is 1.71 bits per heavy atom. The second-order valence-corrected chi connectivity index (χ2v) is 8.18. The molecule has 0 heterocycles. The first-order chi connectivity index (χ1) is 10.2. The Bertz CT molecular complexity index is 611. The molecule has 4 heteroatoms. The standard InChI is InChI=1S/C17H18O2SSe/c1-2-16(18)17(21-15-11-7-4-8-12-15)13-20(19)14-9-5-3-6-10-14/h3-13,16,18H,2H2,1H3/b17-13+. The zero-order chi connectivity index (χ0) is 15.1. The van der Waals surface area contributed by atoms with Gasteiger partial charge >= 0.3 is 134 Å². The van der Waals surface area contributed by atoms with Crippen LogP contribution in [-0.4, -0.2) is 30.4 Å². The van der Waals surface area contributed by atoms with E-state index in [-0.39, 0.29) is 15.0 Å². The second-order valence-electron chi connectivity index (χ2n) is 4.47. The van der Waals surface area contributed by atoms with Gasteiger partial charge in [0.15, 0.2) is 0 Å². The molecule has 0 aromatic heterocycles. The zero-order valence-corrected chi connectivity index (χ0v) is 14.3. The van der Waals surface area contributed by atoms with E-state index in [0.29, 0.717) is 6.42 Å². The molecule has 0 fully saturated rings. The first-order valence-electron chi connectivity index (χ1n) is 6.79. The number of benzene rings is 2. The fourth-order valence-corrected chi connectivity index (χ4v) is 5.38. The quantitative estimate of drug-likeness (QED) is 0.799. The Morgan fingerprint density at radius 3 is 2.29 bits per heavy atom. The van der Waals surface area contributed by atoms with Crippen LogP contribution in [0.15, 0.2) is 75.4 Å². The van der Waals surface area contributed by atoms with E-state index in [1.165, 1.54) is 4.46 Å². The van der Waals surface area contributed by atoms with Crippen molar-refractivity contribution in [1.82, 2.24) is 0 Å². The third-order valence-corrected chi connectivity index (χ3v) is 6.81. The summed E-state index contributed by atoms with van der Waals surface area (Å²) in [5.41, 5.74) is 0. The molecule has 0 aliphatic rings. The van der Waals surface area contributed by atoms with Gasteiger partial charge < -0.3 is 0 Å². The summed E-state index contributed by atoms with van der Waals surface area (Å²) in [4.78, 5) is 0.766. The minimum atomic E-state index is -1.22. The minimum absolute atomic E-state index is 0.0128. The van der Waals surface area contributed by atoms with Crippen molar-refractivity contribution < 1.29 is 9.32 Å². The second kappa shape index (κ2) is 8.30. The van der Waals surface area contributed by atoms with E-state index in [2.05, 4.69) is 0 Å². The van der Waals surface area contributed by atoms with E-state index >= 15 is 0 Å². The Hall–Kier alpha value is -1.19. The molecule has 0 saturated heterocycles. The molecule has 110 valence electrons. The van der Waals surface area contributed by atoms with Crippen molar-refractivity contribution in [3.05, 3.63) is 70.5 Å². The van der Waals surface area contributed by atoms with Gasteiger partial charge in [-0.2, -0.15) is 0 Å². The van der Waals surface area contributed by atoms with E-state index < -0.39 is 16.9 Å². The van der Waals surface area contributed by atoms with E-state index in [1.807, 2.05) is 67.6 Å². The van der Waals surface area contributed by atoms with E-state index in [9.17, 15) is 9.32 Å². The SMILES string of the molecule is CCC(O)/C(=C\S(=O)c1ccccc1)[Se]c1ccccc1. The van der Waals surface area contributed by atoms with Gasteiger partial charge in [-0.1, -0.05) is 0 Å². The molecule has 0 spiro atoms. The molecule has 2 rings (SSSR count). The summed E-state index contributed by atoms with van der Waals surface area (Å²) in [5, 5.41) is 11.9. The third kappa shape index (κ3) is 4.94. The Labute approximate surface area is 134 Å². The van der Waals surface area contributed by atoms with Gasteiger partial charge in [-0.25, -0.2) is 0 Å². The molecular weight excluding hydrogens is 347 g/mol. The molecule has 2 nitrogen and oxygen atoms in total. The summed E-state index contributed by atoms with van der Waals surface area (Å²) < 4.78 is 14.4. The van der Waals surface area contributed by atoms with Crippen LogP contribution in [0.1, 0.15) is 13.3 Å². The van der Waals surface area contributed by atoms with Gasteiger partial charge in [-0.3, -0.25) is 0 Å². The van der Waals surface area contributed by atoms with Crippen molar-refractivity contribution in [2.24, 2.45) is 0 Å². The van der Waals surface area contributed by atoms with Gasteiger partial charge in [0.1, 0.15) is 0 Å². The molecule has 0 saturated carbocycles. The van der Waals surface area contributed by atoms with Crippen LogP contribution >= 0.6 is 0 Å². The number of hydrogen-bond donors (Lipinski definition) is 1. The molecular formula is C17H18O2SSe. The van der Waals surface area contributed by atoms with Crippen molar-refractivity contribution >= 4 is 30.2 Å². The molecule has 2 aromatic carbocycles. The molecule has 2 atom stereocenters. The van der Waals surface area contributed by atoms with Crippen molar-refractivity contribution in [2.45, 2.75) is 24.3 Å². The Morgan fingerprint density at radius 1 is 1.14 bits per heavy atom. The van der Waals surface area contributed by atoms with Crippen LogP contribution in [-0.2, 0) is 10.8 Å². The van der Waals surface area contributed by atoms with Gasteiger partial charge in [-0.05, 0) is 0 Å². The number of rotatable bonds is 6. The van der Waals surface area contributed by atoms with Crippen molar-refractivity contribution in [3.8, 4) is 0 Å². The molecule has 0 amide bonds. The van der Waals surface area contributed by atoms with Crippen LogP contribution in [0, 0.1) is 0 Å². The molecule has 0 aliphatic carbocycles. The maximum absolute atomic E-state index is 12.4. The van der Waals surface area contributed by atoms with Crippen molar-refractivity contribution in [2.75, 3.05) is 0 Å². The van der Waals surface area contributed by atoms with Crippen molar-refractivity contribution in [3.63, 3.8) is 0 Å². The predicted octanol–water partition coefficient (Wildman–Crippen LogP) is 2.44. The van der Waals surface area contributed by atoms with Crippen LogP contribution in [0.25, 0.3) is 0 Å². The molecule has 0 bridgehead atoms. The predicted molar refractivity (Wildman–Crippen MR) is 89.1 cm³/mol. The number of hydrogen-bond acceptors (Lipinski definition) is 2. The average molecular weight is 365 g/mol.